The van der Waals surface area contributed by atoms with Crippen LogP contribution in [-0.4, -0.2) is 6.04 Å². The molecule has 1 N–H and O–H groups in total. The zero-order chi connectivity index (χ0) is 15.5. The molecule has 0 saturated heterocycles. The number of rotatable bonds is 2. The minimum atomic E-state index is 0.237. The number of para-hydroxylation sites is 1. The summed E-state index contributed by atoms with van der Waals surface area (Å²) in [5.74, 6) is 0.991. The predicted octanol–water partition coefficient (Wildman–Crippen LogP) is 5.00. The van der Waals surface area contributed by atoms with Crippen molar-refractivity contribution in [1.82, 2.24) is 5.32 Å². The first-order chi connectivity index (χ1) is 10.7. The Morgan fingerprint density at radius 2 is 2.14 bits per heavy atom. The van der Waals surface area contributed by atoms with Crippen LogP contribution in [0, 0.1) is 0 Å². The van der Waals surface area contributed by atoms with Crippen molar-refractivity contribution in [1.29, 1.82) is 0 Å². The van der Waals surface area contributed by atoms with Crippen LogP contribution >= 0.6 is 0 Å². The van der Waals surface area contributed by atoms with Crippen LogP contribution in [0.25, 0.3) is 17.0 Å². The molecule has 1 aliphatic rings. The molecule has 1 aromatic heterocycles. The van der Waals surface area contributed by atoms with Crippen molar-refractivity contribution in [2.24, 2.45) is 0 Å². The lowest BCUT2D eigenvalue weighted by molar-refractivity contribution is 0.560. The maximum absolute atomic E-state index is 6.09. The molecule has 0 bridgehead atoms. The minimum Gasteiger partial charge on any atom is -0.460 e. The van der Waals surface area contributed by atoms with Crippen molar-refractivity contribution in [2.45, 2.75) is 26.3 Å². The van der Waals surface area contributed by atoms with Crippen molar-refractivity contribution in [3.8, 4) is 0 Å². The van der Waals surface area contributed by atoms with Gasteiger partial charge in [0.2, 0.25) is 0 Å². The number of nitrogens with one attached hydrogen (secondary N) is 1. The number of benzene rings is 1. The van der Waals surface area contributed by atoms with Gasteiger partial charge in [-0.2, -0.15) is 0 Å². The first kappa shape index (κ1) is 14.5. The second-order valence-corrected chi connectivity index (χ2v) is 5.55. The highest BCUT2D eigenvalue weighted by Crippen LogP contribution is 2.30. The smallest absolute Gasteiger partial charge is 0.134 e. The van der Waals surface area contributed by atoms with Gasteiger partial charge in [-0.1, -0.05) is 49.1 Å². The highest BCUT2D eigenvalue weighted by molar-refractivity contribution is 5.88. The molecule has 2 aromatic rings. The zero-order valence-electron chi connectivity index (χ0n) is 13.1. The second-order valence-electron chi connectivity index (χ2n) is 5.55. The number of hydrogen-bond donors (Lipinski definition) is 1. The van der Waals surface area contributed by atoms with Crippen LogP contribution in [0.15, 0.2) is 70.8 Å². The van der Waals surface area contributed by atoms with Gasteiger partial charge < -0.3 is 9.73 Å². The van der Waals surface area contributed by atoms with E-state index in [0.29, 0.717) is 0 Å². The van der Waals surface area contributed by atoms with Crippen molar-refractivity contribution >= 4 is 17.0 Å². The van der Waals surface area contributed by atoms with Crippen LogP contribution in [0.3, 0.4) is 0 Å². The van der Waals surface area contributed by atoms with Crippen molar-refractivity contribution in [3.05, 3.63) is 77.7 Å². The highest BCUT2D eigenvalue weighted by atomic mass is 16.3. The number of allylic oxidation sites excluding steroid dienone is 4. The van der Waals surface area contributed by atoms with Crippen LogP contribution in [0.5, 0.6) is 0 Å². The molecule has 1 atom stereocenters. The van der Waals surface area contributed by atoms with E-state index in [-0.39, 0.29) is 6.04 Å². The Labute approximate surface area is 131 Å². The largest absolute Gasteiger partial charge is 0.460 e. The summed E-state index contributed by atoms with van der Waals surface area (Å²) in [5, 5.41) is 4.69. The standard InChI is InChI=1S/C20H21NO/c1-4-8-18-15(5-2)13-20-17(12-11-14(3)21-18)16-9-6-7-10-19(16)22-20/h4-12,14,21H,2,13H2,1,3H3/b8-4-,12-11-,18-15-. The quantitative estimate of drug-likeness (QED) is 0.842. The Bertz CT molecular complexity index is 789. The van der Waals surface area contributed by atoms with Gasteiger partial charge in [-0.15, -0.1) is 0 Å². The fourth-order valence-electron chi connectivity index (χ4n) is 2.83. The molecule has 2 heterocycles. The van der Waals surface area contributed by atoms with E-state index >= 15 is 0 Å². The van der Waals surface area contributed by atoms with Gasteiger partial charge in [0.25, 0.3) is 0 Å². The molecular formula is C20H21NO. The summed E-state index contributed by atoms with van der Waals surface area (Å²) >= 11 is 0. The van der Waals surface area contributed by atoms with Crippen LogP contribution in [-0.2, 0) is 6.42 Å². The average molecular weight is 291 g/mol. The van der Waals surface area contributed by atoms with Crippen molar-refractivity contribution < 1.29 is 4.42 Å². The molecular weight excluding hydrogens is 270 g/mol. The lowest BCUT2D eigenvalue weighted by atomic mass is 10.0. The SMILES string of the molecule is C=C/C1=C(\C=C/C)NC(C)/C=C\c2c(oc3ccccc23)C1. The van der Waals surface area contributed by atoms with E-state index in [9.17, 15) is 0 Å². The molecule has 1 unspecified atom stereocenters. The third-order valence-corrected chi connectivity index (χ3v) is 3.92. The summed E-state index contributed by atoms with van der Waals surface area (Å²) in [5.41, 5.74) is 4.36. The van der Waals surface area contributed by atoms with Gasteiger partial charge in [0, 0.05) is 29.1 Å². The molecule has 0 amide bonds. The van der Waals surface area contributed by atoms with E-state index in [0.717, 1.165) is 29.0 Å². The van der Waals surface area contributed by atoms with E-state index in [1.807, 2.05) is 31.2 Å². The predicted molar refractivity (Wildman–Crippen MR) is 93.6 cm³/mol. The summed E-state index contributed by atoms with van der Waals surface area (Å²) in [6.45, 7) is 8.15. The first-order valence-electron chi connectivity index (χ1n) is 7.66. The molecule has 0 saturated carbocycles. The van der Waals surface area contributed by atoms with Crippen LogP contribution in [0.2, 0.25) is 0 Å². The van der Waals surface area contributed by atoms with E-state index in [4.69, 9.17) is 4.42 Å². The van der Waals surface area contributed by atoms with Gasteiger partial charge in [0.1, 0.15) is 11.3 Å². The van der Waals surface area contributed by atoms with Crippen LogP contribution in [0.1, 0.15) is 25.2 Å². The molecule has 0 radical (unpaired) electrons. The third-order valence-electron chi connectivity index (χ3n) is 3.92. The van der Waals surface area contributed by atoms with Crippen LogP contribution in [0.4, 0.5) is 0 Å². The van der Waals surface area contributed by atoms with Gasteiger partial charge in [-0.05, 0) is 31.6 Å². The van der Waals surface area contributed by atoms with Gasteiger partial charge in [-0.25, -0.2) is 0 Å². The molecule has 112 valence electrons. The van der Waals surface area contributed by atoms with Crippen LogP contribution < -0.4 is 5.32 Å². The Morgan fingerprint density at radius 1 is 1.32 bits per heavy atom. The summed E-state index contributed by atoms with van der Waals surface area (Å²) < 4.78 is 6.09. The Kier molecular flexibility index (Phi) is 4.01. The van der Waals surface area contributed by atoms with E-state index in [1.165, 1.54) is 10.9 Å². The van der Waals surface area contributed by atoms with Crippen molar-refractivity contribution in [2.75, 3.05) is 0 Å². The Hall–Kier alpha value is -2.48. The van der Waals surface area contributed by atoms with E-state index in [2.05, 4.69) is 49.2 Å². The normalized spacial score (nSPS) is 23.5. The molecule has 2 heteroatoms. The molecule has 0 spiro atoms. The molecule has 2 nitrogen and oxygen atoms in total. The van der Waals surface area contributed by atoms with Gasteiger partial charge in [0.15, 0.2) is 0 Å². The summed E-state index contributed by atoms with van der Waals surface area (Å²) in [4.78, 5) is 0. The molecule has 0 fully saturated rings. The average Bonchev–Trinajstić information content (AvgIpc) is 2.88. The lowest BCUT2D eigenvalue weighted by Gasteiger charge is -2.14. The Balaban J connectivity index is 2.20. The molecule has 22 heavy (non-hydrogen) atoms. The molecule has 1 aliphatic heterocycles. The lowest BCUT2D eigenvalue weighted by Crippen LogP contribution is -2.23. The number of hydrogen-bond acceptors (Lipinski definition) is 2. The Morgan fingerprint density at radius 3 is 2.91 bits per heavy atom. The summed E-state index contributed by atoms with van der Waals surface area (Å²) in [7, 11) is 0. The topological polar surface area (TPSA) is 25.2 Å². The molecule has 3 rings (SSSR count). The van der Waals surface area contributed by atoms with Gasteiger partial charge >= 0.3 is 0 Å². The fraction of sp³-hybridized carbons (Fsp3) is 0.200. The first-order valence-corrected chi connectivity index (χ1v) is 7.66. The van der Waals surface area contributed by atoms with E-state index < -0.39 is 0 Å². The molecule has 0 aliphatic carbocycles. The minimum absolute atomic E-state index is 0.237. The van der Waals surface area contributed by atoms with Crippen molar-refractivity contribution in [3.63, 3.8) is 0 Å². The maximum atomic E-state index is 6.09. The monoisotopic (exact) mass is 291 g/mol. The fourth-order valence-corrected chi connectivity index (χ4v) is 2.83. The van der Waals surface area contributed by atoms with E-state index in [1.54, 1.807) is 0 Å². The maximum Gasteiger partial charge on any atom is 0.134 e. The van der Waals surface area contributed by atoms with Gasteiger partial charge in [0.05, 0.1) is 0 Å². The number of fused-ring (bicyclic) bond motifs is 3. The second kappa shape index (κ2) is 6.10. The summed E-state index contributed by atoms with van der Waals surface area (Å²) in [6, 6.07) is 8.43. The summed E-state index contributed by atoms with van der Waals surface area (Å²) in [6.07, 6.45) is 11.1. The highest BCUT2D eigenvalue weighted by Gasteiger charge is 2.16. The third kappa shape index (κ3) is 2.64. The zero-order valence-corrected chi connectivity index (χ0v) is 13.1. The number of furan rings is 1. The van der Waals surface area contributed by atoms with Gasteiger partial charge in [-0.3, -0.25) is 0 Å². The molecule has 1 aromatic carbocycles.